The number of allylic oxidation sites excluding steroid dienone is 2. The number of hydrogen-bond donors (Lipinski definition) is 3. The van der Waals surface area contributed by atoms with Gasteiger partial charge in [-0.1, -0.05) is 50.0 Å². The highest BCUT2D eigenvalue weighted by Crippen LogP contribution is 2.33. The number of aromatic nitrogens is 3. The number of nitrogens with zero attached hydrogens (tertiary/aromatic N) is 5. The van der Waals surface area contributed by atoms with Crippen LogP contribution in [0.1, 0.15) is 131 Å². The molecule has 7 rings (SSSR count). The fourth-order valence-corrected chi connectivity index (χ4v) is 9.59. The summed E-state index contributed by atoms with van der Waals surface area (Å²) >= 11 is 0. The number of benzene rings is 1. The maximum Gasteiger partial charge on any atom is 0.263 e. The smallest absolute Gasteiger partial charge is 0.263 e. The summed E-state index contributed by atoms with van der Waals surface area (Å²) in [7, 11) is 0. The molecule has 5 heterocycles. The second-order valence-corrected chi connectivity index (χ2v) is 16.8. The summed E-state index contributed by atoms with van der Waals surface area (Å²) in [4.78, 5) is 62.8. The molecule has 1 unspecified atom stereocenters. The maximum atomic E-state index is 13.6. The van der Waals surface area contributed by atoms with Gasteiger partial charge in [0.2, 0.25) is 18.3 Å². The van der Waals surface area contributed by atoms with Crippen molar-refractivity contribution in [2.75, 3.05) is 42.9 Å². The Balaban J connectivity index is 0.836. The SMILES string of the molecule is CC(=O)c1c(C)c2cnc(NC3=CC=C(CCCC4CCN(C5CCN(c6ccc(C(C)CCC(=O)NC=O)cc6)CC5)CC4)CN3)nc2n(C2CCCC2)c1=O. The first-order valence-corrected chi connectivity index (χ1v) is 21.3. The fourth-order valence-electron chi connectivity index (χ4n) is 9.59. The molecule has 2 aromatic heterocycles. The number of dihydropyridines is 1. The van der Waals surface area contributed by atoms with Crippen molar-refractivity contribution >= 4 is 40.8 Å². The van der Waals surface area contributed by atoms with E-state index in [1.165, 1.54) is 75.4 Å². The molecule has 0 spiro atoms. The molecule has 57 heavy (non-hydrogen) atoms. The van der Waals surface area contributed by atoms with Gasteiger partial charge in [-0.05, 0) is 126 Å². The van der Waals surface area contributed by atoms with Crippen molar-refractivity contribution < 1.29 is 14.4 Å². The number of fused-ring (bicyclic) bond motifs is 1. The number of amides is 2. The van der Waals surface area contributed by atoms with Gasteiger partial charge in [-0.2, -0.15) is 4.98 Å². The molecule has 1 aromatic carbocycles. The molecule has 1 saturated carbocycles. The number of imide groups is 1. The van der Waals surface area contributed by atoms with Gasteiger partial charge in [-0.15, -0.1) is 0 Å². The van der Waals surface area contributed by atoms with Gasteiger partial charge in [0.15, 0.2) is 5.78 Å². The van der Waals surface area contributed by atoms with Gasteiger partial charge in [0.25, 0.3) is 5.56 Å². The molecule has 4 aliphatic rings. The number of rotatable bonds is 15. The first-order chi connectivity index (χ1) is 27.7. The van der Waals surface area contributed by atoms with Crippen LogP contribution in [0, 0.1) is 12.8 Å². The third-order valence-corrected chi connectivity index (χ3v) is 13.1. The number of nitrogens with one attached hydrogen (secondary N) is 3. The molecule has 1 atom stereocenters. The van der Waals surface area contributed by atoms with Crippen LogP contribution >= 0.6 is 0 Å². The number of carbonyl (C=O) groups excluding carboxylic acids is 3. The Morgan fingerprint density at radius 1 is 0.982 bits per heavy atom. The van der Waals surface area contributed by atoms with Gasteiger partial charge in [-0.25, -0.2) is 4.98 Å². The molecule has 2 saturated heterocycles. The van der Waals surface area contributed by atoms with Gasteiger partial charge in [0, 0.05) is 55.4 Å². The van der Waals surface area contributed by atoms with Crippen molar-refractivity contribution in [2.45, 2.75) is 122 Å². The van der Waals surface area contributed by atoms with E-state index in [4.69, 9.17) is 4.98 Å². The summed E-state index contributed by atoms with van der Waals surface area (Å²) in [6.45, 7) is 10.8. The van der Waals surface area contributed by atoms with E-state index in [1.807, 2.05) is 6.92 Å². The summed E-state index contributed by atoms with van der Waals surface area (Å²) in [5.74, 6) is 1.90. The van der Waals surface area contributed by atoms with Crippen molar-refractivity contribution in [2.24, 2.45) is 5.92 Å². The Labute approximate surface area is 336 Å². The molecule has 12 nitrogen and oxygen atoms in total. The lowest BCUT2D eigenvalue weighted by atomic mass is 9.89. The van der Waals surface area contributed by atoms with Gasteiger partial charge < -0.3 is 20.4 Å². The lowest BCUT2D eigenvalue weighted by molar-refractivity contribution is -0.125. The Hall–Kier alpha value is -4.84. The first kappa shape index (κ1) is 40.4. The topological polar surface area (TPSA) is 142 Å². The van der Waals surface area contributed by atoms with E-state index in [1.54, 1.807) is 10.8 Å². The maximum absolute atomic E-state index is 13.6. The molecule has 304 valence electrons. The minimum Gasteiger partial charge on any atom is -0.371 e. The number of anilines is 2. The Bertz CT molecular complexity index is 2030. The van der Waals surface area contributed by atoms with Crippen LogP contribution in [0.25, 0.3) is 11.0 Å². The first-order valence-electron chi connectivity index (χ1n) is 21.3. The Morgan fingerprint density at radius 2 is 1.72 bits per heavy atom. The molecule has 3 fully saturated rings. The van der Waals surface area contributed by atoms with Crippen molar-refractivity contribution in [1.29, 1.82) is 0 Å². The number of pyridine rings is 1. The van der Waals surface area contributed by atoms with E-state index in [-0.39, 0.29) is 34.8 Å². The molecule has 0 radical (unpaired) electrons. The molecule has 12 heteroatoms. The molecule has 1 aliphatic carbocycles. The number of carbonyl (C=O) groups is 3. The standard InChI is InChI=1S/C45H60N8O4/c1-30(11-18-41(56)48-29-54)35-13-15-36(16-14-35)52-25-21-37(22-26-52)51-23-19-33(20-24-51)7-6-8-34-12-17-40(46-27-34)49-45-47-28-39-31(2)42(32(3)55)44(57)53(43(39)50-45)38-9-4-5-10-38/h12-17,28-30,33,37-38,46H,4-11,18-27H2,1-3H3,(H,47,49,50)(H,48,54,56). The highest BCUT2D eigenvalue weighted by Gasteiger charge is 2.29. The average molecular weight is 777 g/mol. The van der Waals surface area contributed by atoms with Crippen LogP contribution in [0.4, 0.5) is 11.6 Å². The summed E-state index contributed by atoms with van der Waals surface area (Å²) in [5, 5.41) is 9.80. The van der Waals surface area contributed by atoms with Crippen LogP contribution in [0.5, 0.6) is 0 Å². The van der Waals surface area contributed by atoms with Gasteiger partial charge >= 0.3 is 0 Å². The third kappa shape index (κ3) is 9.66. The van der Waals surface area contributed by atoms with E-state index in [0.29, 0.717) is 36.0 Å². The van der Waals surface area contributed by atoms with Crippen molar-refractivity contribution in [3.63, 3.8) is 0 Å². The van der Waals surface area contributed by atoms with E-state index < -0.39 is 0 Å². The minimum absolute atomic E-state index is 0.0498. The van der Waals surface area contributed by atoms with Crippen molar-refractivity contribution in [1.82, 2.24) is 30.1 Å². The normalized spacial score (nSPS) is 19.2. The molecule has 3 N–H and O–H groups in total. The number of aryl methyl sites for hydroxylation is 1. The van der Waals surface area contributed by atoms with Crippen LogP contribution in [-0.2, 0) is 9.59 Å². The zero-order valence-corrected chi connectivity index (χ0v) is 34.0. The summed E-state index contributed by atoms with van der Waals surface area (Å²) < 4.78 is 1.75. The average Bonchev–Trinajstić information content (AvgIpc) is 3.76. The predicted molar refractivity (Wildman–Crippen MR) is 226 cm³/mol. The Kier molecular flexibility index (Phi) is 13.2. The number of ketones is 1. The van der Waals surface area contributed by atoms with Crippen LogP contribution in [0.2, 0.25) is 0 Å². The van der Waals surface area contributed by atoms with Gasteiger partial charge in [-0.3, -0.25) is 29.1 Å². The quantitative estimate of drug-likeness (QED) is 0.110. The summed E-state index contributed by atoms with van der Waals surface area (Å²) in [6, 6.07) is 9.55. The zero-order valence-electron chi connectivity index (χ0n) is 34.0. The van der Waals surface area contributed by atoms with Gasteiger partial charge in [0.05, 0.1) is 5.56 Å². The van der Waals surface area contributed by atoms with Gasteiger partial charge in [0.1, 0.15) is 11.5 Å². The van der Waals surface area contributed by atoms with E-state index in [2.05, 4.69) is 74.1 Å². The highest BCUT2D eigenvalue weighted by molar-refractivity contribution is 5.99. The van der Waals surface area contributed by atoms with E-state index >= 15 is 0 Å². The lowest BCUT2D eigenvalue weighted by Crippen LogP contribution is -2.47. The Morgan fingerprint density at radius 3 is 2.39 bits per heavy atom. The zero-order chi connectivity index (χ0) is 39.9. The molecule has 3 aromatic rings. The molecule has 3 aliphatic heterocycles. The monoisotopic (exact) mass is 776 g/mol. The van der Waals surface area contributed by atoms with E-state index in [9.17, 15) is 19.2 Å². The second kappa shape index (κ2) is 18.6. The van der Waals surface area contributed by atoms with Crippen molar-refractivity contribution in [3.05, 3.63) is 81.1 Å². The largest absolute Gasteiger partial charge is 0.371 e. The summed E-state index contributed by atoms with van der Waals surface area (Å²) in [6.07, 6.45) is 20.1. The summed E-state index contributed by atoms with van der Waals surface area (Å²) in [5.41, 5.74) is 5.16. The fraction of sp³-hybridized carbons (Fsp3) is 0.556. The minimum atomic E-state index is -0.236. The van der Waals surface area contributed by atoms with E-state index in [0.717, 1.165) is 75.3 Å². The highest BCUT2D eigenvalue weighted by atomic mass is 16.2. The van der Waals surface area contributed by atoms with Crippen LogP contribution < -0.4 is 26.4 Å². The van der Waals surface area contributed by atoms with Crippen LogP contribution in [0.15, 0.2) is 58.8 Å². The lowest BCUT2D eigenvalue weighted by Gasteiger charge is -2.42. The molecular formula is C45H60N8O4. The molecular weight excluding hydrogens is 717 g/mol. The number of likely N-dealkylation sites (tertiary alicyclic amines) is 1. The van der Waals surface area contributed by atoms with Crippen LogP contribution in [-0.4, -0.2) is 76.3 Å². The van der Waals surface area contributed by atoms with Crippen LogP contribution in [0.3, 0.4) is 0 Å². The molecule has 2 amide bonds. The second-order valence-electron chi connectivity index (χ2n) is 16.8. The molecule has 0 bridgehead atoms. The predicted octanol–water partition coefficient (Wildman–Crippen LogP) is 6.91. The van der Waals surface area contributed by atoms with Crippen molar-refractivity contribution in [3.8, 4) is 0 Å². The number of piperidine rings is 2. The number of Topliss-reactive ketones (excluding diaryl/α,β-unsaturated/α-hetero) is 1. The number of hydrogen-bond acceptors (Lipinski definition) is 10. The third-order valence-electron chi connectivity index (χ3n) is 13.1.